The molecule has 1 atom stereocenters. The van der Waals surface area contributed by atoms with E-state index in [1.165, 1.54) is 0 Å². The minimum atomic E-state index is -0.643. The summed E-state index contributed by atoms with van der Waals surface area (Å²) >= 11 is 6.18. The Morgan fingerprint density at radius 3 is 2.43 bits per heavy atom. The van der Waals surface area contributed by atoms with E-state index in [1.54, 1.807) is 24.0 Å². The van der Waals surface area contributed by atoms with Gasteiger partial charge in [-0.25, -0.2) is 0 Å². The second-order valence-electron chi connectivity index (χ2n) is 6.61. The molecule has 7 heteroatoms. The maximum atomic E-state index is 12.9. The molecule has 6 nitrogen and oxygen atoms in total. The first kappa shape index (κ1) is 19.9. The molecule has 0 unspecified atom stereocenters. The summed E-state index contributed by atoms with van der Waals surface area (Å²) in [5.41, 5.74) is 0.658. The Labute approximate surface area is 169 Å². The Kier molecular flexibility index (Phi) is 6.31. The lowest BCUT2D eigenvalue weighted by molar-refractivity contribution is -0.140. The van der Waals surface area contributed by atoms with E-state index in [4.69, 9.17) is 20.8 Å². The Balaban J connectivity index is 1.73. The zero-order valence-corrected chi connectivity index (χ0v) is 16.8. The SMILES string of the molecule is CC(C)N(Cc1nnc(-c2ccccc2Cl)o1)C(=O)[C@H](C)Oc1ccccc1. The number of para-hydroxylation sites is 1. The number of carbonyl (C=O) groups excluding carboxylic acids is 1. The van der Waals surface area contributed by atoms with Crippen LogP contribution in [0.25, 0.3) is 11.5 Å². The van der Waals surface area contributed by atoms with Crippen molar-refractivity contribution in [3.8, 4) is 17.2 Å². The van der Waals surface area contributed by atoms with Crippen LogP contribution in [-0.4, -0.2) is 33.2 Å². The Morgan fingerprint density at radius 2 is 1.75 bits per heavy atom. The van der Waals surface area contributed by atoms with E-state index in [9.17, 15) is 4.79 Å². The van der Waals surface area contributed by atoms with Crippen LogP contribution in [0.3, 0.4) is 0 Å². The first-order chi connectivity index (χ1) is 13.5. The second-order valence-corrected chi connectivity index (χ2v) is 7.02. The summed E-state index contributed by atoms with van der Waals surface area (Å²) in [4.78, 5) is 14.6. The molecule has 3 rings (SSSR count). The van der Waals surface area contributed by atoms with Crippen LogP contribution in [0.15, 0.2) is 59.0 Å². The van der Waals surface area contributed by atoms with Crippen LogP contribution in [-0.2, 0) is 11.3 Å². The van der Waals surface area contributed by atoms with Crippen molar-refractivity contribution in [3.05, 3.63) is 65.5 Å². The van der Waals surface area contributed by atoms with E-state index < -0.39 is 6.10 Å². The standard InChI is InChI=1S/C21H22ClN3O3/c1-14(2)25(21(26)15(3)27-16-9-5-4-6-10-16)13-19-23-24-20(28-19)17-11-7-8-12-18(17)22/h4-12,14-15H,13H2,1-3H3/t15-/m0/s1. The van der Waals surface area contributed by atoms with E-state index in [0.717, 1.165) is 0 Å². The molecule has 0 aliphatic heterocycles. The quantitative estimate of drug-likeness (QED) is 0.581. The predicted molar refractivity (Wildman–Crippen MR) is 107 cm³/mol. The minimum Gasteiger partial charge on any atom is -0.481 e. The highest BCUT2D eigenvalue weighted by Gasteiger charge is 2.26. The van der Waals surface area contributed by atoms with Crippen molar-refractivity contribution in [1.29, 1.82) is 0 Å². The highest BCUT2D eigenvalue weighted by molar-refractivity contribution is 6.33. The molecule has 0 bridgehead atoms. The molecule has 0 fully saturated rings. The number of amides is 1. The molecule has 0 aliphatic rings. The number of hydrogen-bond acceptors (Lipinski definition) is 5. The molecular weight excluding hydrogens is 378 g/mol. The van der Waals surface area contributed by atoms with Gasteiger partial charge < -0.3 is 14.1 Å². The first-order valence-corrected chi connectivity index (χ1v) is 9.43. The molecule has 2 aromatic carbocycles. The van der Waals surface area contributed by atoms with Gasteiger partial charge in [-0.05, 0) is 45.0 Å². The molecule has 0 radical (unpaired) electrons. The Bertz CT molecular complexity index is 927. The van der Waals surface area contributed by atoms with E-state index in [0.29, 0.717) is 28.1 Å². The number of carbonyl (C=O) groups is 1. The second kappa shape index (κ2) is 8.89. The molecule has 1 heterocycles. The number of ether oxygens (including phenoxy) is 1. The van der Waals surface area contributed by atoms with Crippen molar-refractivity contribution in [2.75, 3.05) is 0 Å². The average Bonchev–Trinajstić information content (AvgIpc) is 3.15. The van der Waals surface area contributed by atoms with Gasteiger partial charge in [-0.2, -0.15) is 0 Å². The molecule has 146 valence electrons. The lowest BCUT2D eigenvalue weighted by Crippen LogP contribution is -2.43. The van der Waals surface area contributed by atoms with Crippen molar-refractivity contribution >= 4 is 17.5 Å². The highest BCUT2D eigenvalue weighted by Crippen LogP contribution is 2.26. The van der Waals surface area contributed by atoms with Crippen LogP contribution in [0.5, 0.6) is 5.75 Å². The fourth-order valence-electron chi connectivity index (χ4n) is 2.71. The van der Waals surface area contributed by atoms with Gasteiger partial charge in [-0.1, -0.05) is 41.9 Å². The number of rotatable bonds is 7. The van der Waals surface area contributed by atoms with Gasteiger partial charge in [0.25, 0.3) is 5.91 Å². The lowest BCUT2D eigenvalue weighted by Gasteiger charge is -2.28. The van der Waals surface area contributed by atoms with Crippen LogP contribution in [0, 0.1) is 0 Å². The van der Waals surface area contributed by atoms with E-state index in [1.807, 2.05) is 56.3 Å². The smallest absolute Gasteiger partial charge is 0.264 e. The highest BCUT2D eigenvalue weighted by atomic mass is 35.5. The van der Waals surface area contributed by atoms with Gasteiger partial charge in [0.05, 0.1) is 17.1 Å². The maximum absolute atomic E-state index is 12.9. The van der Waals surface area contributed by atoms with Crippen molar-refractivity contribution < 1.29 is 13.9 Å². The van der Waals surface area contributed by atoms with Gasteiger partial charge in [-0.15, -0.1) is 10.2 Å². The topological polar surface area (TPSA) is 68.5 Å². The summed E-state index contributed by atoms with van der Waals surface area (Å²) in [6.07, 6.45) is -0.643. The summed E-state index contributed by atoms with van der Waals surface area (Å²) in [5.74, 6) is 1.15. The monoisotopic (exact) mass is 399 g/mol. The largest absolute Gasteiger partial charge is 0.481 e. The van der Waals surface area contributed by atoms with Crippen LogP contribution in [0.4, 0.5) is 0 Å². The van der Waals surface area contributed by atoms with Crippen LogP contribution >= 0.6 is 11.6 Å². The Morgan fingerprint density at radius 1 is 1.07 bits per heavy atom. The number of halogens is 1. The molecule has 0 aliphatic carbocycles. The lowest BCUT2D eigenvalue weighted by atomic mass is 10.2. The van der Waals surface area contributed by atoms with E-state index in [2.05, 4.69) is 10.2 Å². The van der Waals surface area contributed by atoms with Gasteiger partial charge in [0.1, 0.15) is 5.75 Å². The maximum Gasteiger partial charge on any atom is 0.264 e. The van der Waals surface area contributed by atoms with Gasteiger partial charge in [-0.3, -0.25) is 4.79 Å². The molecule has 0 saturated carbocycles. The molecule has 0 spiro atoms. The van der Waals surface area contributed by atoms with Crippen molar-refractivity contribution in [2.24, 2.45) is 0 Å². The number of aromatic nitrogens is 2. The van der Waals surface area contributed by atoms with Crippen molar-refractivity contribution in [2.45, 2.75) is 39.5 Å². The third-order valence-electron chi connectivity index (χ3n) is 4.19. The fourth-order valence-corrected chi connectivity index (χ4v) is 2.93. The summed E-state index contributed by atoms with van der Waals surface area (Å²) in [7, 11) is 0. The Hall–Kier alpha value is -2.86. The molecular formula is C21H22ClN3O3. The van der Waals surface area contributed by atoms with E-state index >= 15 is 0 Å². The van der Waals surface area contributed by atoms with Gasteiger partial charge in [0.15, 0.2) is 6.10 Å². The predicted octanol–water partition coefficient (Wildman–Crippen LogP) is 4.59. The van der Waals surface area contributed by atoms with Gasteiger partial charge >= 0.3 is 0 Å². The zero-order valence-electron chi connectivity index (χ0n) is 16.0. The third-order valence-corrected chi connectivity index (χ3v) is 4.52. The minimum absolute atomic E-state index is 0.0648. The molecule has 1 aromatic heterocycles. The van der Waals surface area contributed by atoms with Crippen LogP contribution < -0.4 is 4.74 Å². The zero-order chi connectivity index (χ0) is 20.1. The average molecular weight is 400 g/mol. The van der Waals surface area contributed by atoms with Crippen LogP contribution in [0.1, 0.15) is 26.7 Å². The van der Waals surface area contributed by atoms with Crippen LogP contribution in [0.2, 0.25) is 5.02 Å². The van der Waals surface area contributed by atoms with Gasteiger partial charge in [0, 0.05) is 6.04 Å². The van der Waals surface area contributed by atoms with Crippen molar-refractivity contribution in [3.63, 3.8) is 0 Å². The summed E-state index contributed by atoms with van der Waals surface area (Å²) in [5, 5.41) is 8.66. The number of nitrogens with zero attached hydrogens (tertiary/aromatic N) is 3. The van der Waals surface area contributed by atoms with Crippen molar-refractivity contribution in [1.82, 2.24) is 15.1 Å². The molecule has 0 saturated heterocycles. The summed E-state index contributed by atoms with van der Waals surface area (Å²) in [6, 6.07) is 16.4. The first-order valence-electron chi connectivity index (χ1n) is 9.05. The summed E-state index contributed by atoms with van der Waals surface area (Å²) in [6.45, 7) is 5.78. The fraction of sp³-hybridized carbons (Fsp3) is 0.286. The third kappa shape index (κ3) is 4.70. The van der Waals surface area contributed by atoms with E-state index in [-0.39, 0.29) is 18.5 Å². The molecule has 1 amide bonds. The van der Waals surface area contributed by atoms with Gasteiger partial charge in [0.2, 0.25) is 11.8 Å². The summed E-state index contributed by atoms with van der Waals surface area (Å²) < 4.78 is 11.5. The number of hydrogen-bond donors (Lipinski definition) is 0. The normalized spacial score (nSPS) is 12.0. The number of benzene rings is 2. The molecule has 3 aromatic rings. The molecule has 28 heavy (non-hydrogen) atoms. The molecule has 0 N–H and O–H groups in total.